The van der Waals surface area contributed by atoms with Crippen LogP contribution < -0.4 is 5.56 Å². The topological polar surface area (TPSA) is 62.8 Å². The first-order chi connectivity index (χ1) is 12.5. The third-order valence-corrected chi connectivity index (χ3v) is 5.64. The van der Waals surface area contributed by atoms with Crippen LogP contribution in [0.1, 0.15) is 22.8 Å². The van der Waals surface area contributed by atoms with Crippen molar-refractivity contribution < 1.29 is 4.79 Å². The number of nitrogens with one attached hydrogen (secondary N) is 1. The van der Waals surface area contributed by atoms with Crippen LogP contribution in [0.4, 0.5) is 0 Å². The number of benzene rings is 2. The third-order valence-electron chi connectivity index (χ3n) is 4.40. The quantitative estimate of drug-likeness (QED) is 0.532. The van der Waals surface area contributed by atoms with Crippen molar-refractivity contribution in [1.82, 2.24) is 9.97 Å². The van der Waals surface area contributed by atoms with E-state index in [9.17, 15) is 9.59 Å². The summed E-state index contributed by atoms with van der Waals surface area (Å²) in [6, 6.07) is 17.1. The van der Waals surface area contributed by atoms with Gasteiger partial charge in [-0.05, 0) is 25.0 Å². The smallest absolute Gasteiger partial charge is 0.260 e. The fourth-order valence-corrected chi connectivity index (χ4v) is 4.20. The molecule has 4 aromatic rings. The minimum Gasteiger partial charge on any atom is -0.306 e. The second-order valence-electron chi connectivity index (χ2n) is 6.15. The van der Waals surface area contributed by atoms with Gasteiger partial charge in [0.1, 0.15) is 10.7 Å². The molecule has 4 rings (SSSR count). The summed E-state index contributed by atoms with van der Waals surface area (Å²) < 4.78 is 0. The fraction of sp³-hybridized carbons (Fsp3) is 0.0952. The largest absolute Gasteiger partial charge is 0.306 e. The predicted octanol–water partition coefficient (Wildman–Crippen LogP) is 4.83. The Morgan fingerprint density at radius 3 is 2.35 bits per heavy atom. The van der Waals surface area contributed by atoms with Gasteiger partial charge in [0.15, 0.2) is 5.78 Å². The maximum atomic E-state index is 12.7. The molecule has 26 heavy (non-hydrogen) atoms. The molecule has 0 atom stereocenters. The van der Waals surface area contributed by atoms with Gasteiger partial charge < -0.3 is 4.98 Å². The number of thiophene rings is 1. The average Bonchev–Trinajstić information content (AvgIpc) is 2.99. The van der Waals surface area contributed by atoms with Crippen molar-refractivity contribution in [3.8, 4) is 21.8 Å². The summed E-state index contributed by atoms with van der Waals surface area (Å²) in [5, 5.41) is 0.637. The molecule has 2 heterocycles. The molecule has 0 fully saturated rings. The number of H-pyrrole nitrogens is 1. The van der Waals surface area contributed by atoms with Crippen molar-refractivity contribution in [1.29, 1.82) is 0 Å². The summed E-state index contributed by atoms with van der Waals surface area (Å²) in [6.45, 7) is 3.49. The van der Waals surface area contributed by atoms with Crippen LogP contribution >= 0.6 is 11.3 Å². The maximum absolute atomic E-state index is 12.7. The summed E-state index contributed by atoms with van der Waals surface area (Å²) in [5.41, 5.74) is 3.30. The lowest BCUT2D eigenvalue weighted by Crippen LogP contribution is -2.09. The molecule has 0 radical (unpaired) electrons. The van der Waals surface area contributed by atoms with E-state index in [2.05, 4.69) is 9.97 Å². The molecule has 0 bridgehead atoms. The van der Waals surface area contributed by atoms with Crippen LogP contribution in [-0.2, 0) is 0 Å². The Hall–Kier alpha value is -3.05. The van der Waals surface area contributed by atoms with Gasteiger partial charge in [0.2, 0.25) is 0 Å². The zero-order valence-corrected chi connectivity index (χ0v) is 15.2. The van der Waals surface area contributed by atoms with E-state index >= 15 is 0 Å². The van der Waals surface area contributed by atoms with Crippen LogP contribution in [0.25, 0.3) is 32.0 Å². The molecule has 4 nitrogen and oxygen atoms in total. The van der Waals surface area contributed by atoms with E-state index in [0.717, 1.165) is 26.4 Å². The number of aromatic amines is 1. The lowest BCUT2D eigenvalue weighted by atomic mass is 10.1. The molecule has 0 amide bonds. The molecule has 0 aliphatic carbocycles. The highest BCUT2D eigenvalue weighted by Gasteiger charge is 2.16. The van der Waals surface area contributed by atoms with Crippen LogP contribution in [0.3, 0.4) is 0 Å². The van der Waals surface area contributed by atoms with Gasteiger partial charge in [-0.1, -0.05) is 54.6 Å². The van der Waals surface area contributed by atoms with Crippen LogP contribution in [0, 0.1) is 6.92 Å². The second-order valence-corrected chi connectivity index (χ2v) is 7.15. The number of hydrogen-bond acceptors (Lipinski definition) is 4. The van der Waals surface area contributed by atoms with Crippen molar-refractivity contribution >= 4 is 27.3 Å². The molecule has 0 aliphatic rings. The predicted molar refractivity (Wildman–Crippen MR) is 106 cm³/mol. The monoisotopic (exact) mass is 360 g/mol. The van der Waals surface area contributed by atoms with Crippen molar-refractivity contribution in [2.75, 3.05) is 0 Å². The molecule has 0 saturated heterocycles. The molecular formula is C21H16N2O2S. The molecule has 0 unspecified atom stereocenters. The van der Waals surface area contributed by atoms with Gasteiger partial charge in [0.05, 0.1) is 5.39 Å². The number of carbonyl (C=O) groups excluding carboxylic acids is 1. The van der Waals surface area contributed by atoms with Crippen molar-refractivity contribution in [2.45, 2.75) is 13.8 Å². The van der Waals surface area contributed by atoms with E-state index in [0.29, 0.717) is 16.8 Å². The zero-order chi connectivity index (χ0) is 18.3. The number of nitrogens with zero attached hydrogens (tertiary/aromatic N) is 1. The van der Waals surface area contributed by atoms with Gasteiger partial charge in [-0.15, -0.1) is 11.3 Å². The van der Waals surface area contributed by atoms with E-state index < -0.39 is 0 Å². The lowest BCUT2D eigenvalue weighted by molar-refractivity contribution is 0.101. The minimum atomic E-state index is -0.142. The normalized spacial score (nSPS) is 11.0. The maximum Gasteiger partial charge on any atom is 0.260 e. The Labute approximate surface area is 154 Å². The summed E-state index contributed by atoms with van der Waals surface area (Å²) in [5.74, 6) is 0.522. The van der Waals surface area contributed by atoms with Gasteiger partial charge in [0, 0.05) is 16.0 Å². The molecule has 128 valence electrons. The lowest BCUT2D eigenvalue weighted by Gasteiger charge is -2.02. The summed E-state index contributed by atoms with van der Waals surface area (Å²) in [6.07, 6.45) is 0. The highest BCUT2D eigenvalue weighted by atomic mass is 32.1. The Balaban J connectivity index is 1.87. The molecule has 1 N–H and O–H groups in total. The van der Waals surface area contributed by atoms with E-state index in [4.69, 9.17) is 0 Å². The molecule has 5 heteroatoms. The SMILES string of the molecule is CC(=O)c1ccc(-c2nc3sc(-c4ccccc4)c(C)c3c(=O)[nH]2)cc1. The molecule has 0 saturated carbocycles. The van der Waals surface area contributed by atoms with Gasteiger partial charge in [-0.25, -0.2) is 4.98 Å². The number of carbonyl (C=O) groups is 1. The Kier molecular flexibility index (Phi) is 4.01. The Morgan fingerprint density at radius 1 is 1.00 bits per heavy atom. The van der Waals surface area contributed by atoms with Crippen LogP contribution in [0.15, 0.2) is 59.4 Å². The first-order valence-electron chi connectivity index (χ1n) is 8.25. The molecule has 0 spiro atoms. The minimum absolute atomic E-state index is 0.00911. The number of hydrogen-bond donors (Lipinski definition) is 1. The number of aryl methyl sites for hydroxylation is 1. The number of fused-ring (bicyclic) bond motifs is 1. The van der Waals surface area contributed by atoms with Gasteiger partial charge in [0.25, 0.3) is 5.56 Å². The third kappa shape index (κ3) is 2.76. The van der Waals surface area contributed by atoms with E-state index in [1.165, 1.54) is 18.3 Å². The summed E-state index contributed by atoms with van der Waals surface area (Å²) in [4.78, 5) is 33.4. The van der Waals surface area contributed by atoms with E-state index in [1.807, 2.05) is 37.3 Å². The molecule has 2 aromatic carbocycles. The second kappa shape index (κ2) is 6.35. The van der Waals surface area contributed by atoms with Crippen molar-refractivity contribution in [3.63, 3.8) is 0 Å². The number of Topliss-reactive ketones (excluding diaryl/α,β-unsaturated/α-hetero) is 1. The first-order valence-corrected chi connectivity index (χ1v) is 9.06. The molecular weight excluding hydrogens is 344 g/mol. The van der Waals surface area contributed by atoms with Gasteiger partial charge >= 0.3 is 0 Å². The average molecular weight is 360 g/mol. The van der Waals surface area contributed by atoms with Gasteiger partial charge in [-0.3, -0.25) is 9.59 Å². The molecule has 0 aliphatic heterocycles. The Morgan fingerprint density at radius 2 is 1.69 bits per heavy atom. The standard InChI is InChI=1S/C21H16N2O2S/c1-12-17-20(25)22-19(16-10-8-14(9-11-16)13(2)24)23-21(17)26-18(12)15-6-4-3-5-7-15/h3-11H,1-2H3,(H,22,23,25). The van der Waals surface area contributed by atoms with Crippen molar-refractivity contribution in [2.24, 2.45) is 0 Å². The Bertz CT molecular complexity index is 1170. The number of aromatic nitrogens is 2. The van der Waals surface area contributed by atoms with Crippen LogP contribution in [0.2, 0.25) is 0 Å². The van der Waals surface area contributed by atoms with Gasteiger partial charge in [-0.2, -0.15) is 0 Å². The highest BCUT2D eigenvalue weighted by molar-refractivity contribution is 7.22. The summed E-state index contributed by atoms with van der Waals surface area (Å²) in [7, 11) is 0. The highest BCUT2D eigenvalue weighted by Crippen LogP contribution is 2.36. The van der Waals surface area contributed by atoms with Crippen LogP contribution in [0.5, 0.6) is 0 Å². The number of ketones is 1. The molecule has 2 aromatic heterocycles. The van der Waals surface area contributed by atoms with E-state index in [1.54, 1.807) is 24.3 Å². The van der Waals surface area contributed by atoms with Crippen molar-refractivity contribution in [3.05, 3.63) is 76.1 Å². The zero-order valence-electron chi connectivity index (χ0n) is 14.4. The summed E-state index contributed by atoms with van der Waals surface area (Å²) >= 11 is 1.52. The first kappa shape index (κ1) is 16.4. The van der Waals surface area contributed by atoms with E-state index in [-0.39, 0.29) is 11.3 Å². The fourth-order valence-electron chi connectivity index (χ4n) is 3.01. The number of rotatable bonds is 3. The van der Waals surface area contributed by atoms with Crippen LogP contribution in [-0.4, -0.2) is 15.8 Å².